The van der Waals surface area contributed by atoms with Crippen LogP contribution in [0.15, 0.2) is 18.2 Å². The van der Waals surface area contributed by atoms with Crippen LogP contribution in [-0.2, 0) is 6.54 Å². The van der Waals surface area contributed by atoms with Gasteiger partial charge < -0.3 is 15.1 Å². The summed E-state index contributed by atoms with van der Waals surface area (Å²) in [6.07, 6.45) is 2.65. The van der Waals surface area contributed by atoms with Gasteiger partial charge in [0.05, 0.1) is 0 Å². The molecule has 1 aromatic rings. The first-order valence-corrected chi connectivity index (χ1v) is 7.63. The zero-order valence-corrected chi connectivity index (χ0v) is 12.7. The van der Waals surface area contributed by atoms with Gasteiger partial charge in [-0.15, -0.1) is 0 Å². The summed E-state index contributed by atoms with van der Waals surface area (Å²) in [5.41, 5.74) is 2.17. The van der Waals surface area contributed by atoms with E-state index in [-0.39, 0.29) is 5.82 Å². The highest BCUT2D eigenvalue weighted by atomic mass is 19.1. The molecule has 0 saturated carbocycles. The van der Waals surface area contributed by atoms with Crippen LogP contribution < -0.4 is 10.2 Å². The first-order chi connectivity index (χ1) is 9.70. The molecule has 1 aromatic carbocycles. The number of rotatable bonds is 7. The molecule has 112 valence electrons. The molecule has 0 spiro atoms. The predicted octanol–water partition coefficient (Wildman–Crippen LogP) is 2.47. The van der Waals surface area contributed by atoms with Crippen LogP contribution in [0.25, 0.3) is 0 Å². The summed E-state index contributed by atoms with van der Waals surface area (Å²) in [6, 6.07) is 5.09. The molecular weight excluding hydrogens is 253 g/mol. The van der Waals surface area contributed by atoms with Gasteiger partial charge in [0.2, 0.25) is 0 Å². The predicted molar refractivity (Wildman–Crippen MR) is 82.7 cm³/mol. The number of nitrogens with one attached hydrogen (secondary N) is 1. The maximum absolute atomic E-state index is 13.4. The zero-order chi connectivity index (χ0) is 14.4. The topological polar surface area (TPSA) is 18.5 Å². The average Bonchev–Trinajstić information content (AvgIpc) is 2.96. The molecule has 0 aliphatic carbocycles. The number of hydrogen-bond acceptors (Lipinski definition) is 3. The molecule has 1 aliphatic rings. The van der Waals surface area contributed by atoms with Gasteiger partial charge in [0.25, 0.3) is 0 Å². The van der Waals surface area contributed by atoms with E-state index >= 15 is 0 Å². The lowest BCUT2D eigenvalue weighted by atomic mass is 10.1. The van der Waals surface area contributed by atoms with Gasteiger partial charge in [-0.1, -0.05) is 6.92 Å². The third kappa shape index (κ3) is 4.18. The Morgan fingerprint density at radius 1 is 1.30 bits per heavy atom. The molecule has 1 N–H and O–H groups in total. The van der Waals surface area contributed by atoms with Gasteiger partial charge in [-0.25, -0.2) is 4.39 Å². The van der Waals surface area contributed by atoms with Crippen LogP contribution in [-0.4, -0.2) is 44.7 Å². The van der Waals surface area contributed by atoms with Gasteiger partial charge in [0.1, 0.15) is 5.82 Å². The van der Waals surface area contributed by atoms with Crippen LogP contribution in [0.5, 0.6) is 0 Å². The largest absolute Gasteiger partial charge is 0.373 e. The van der Waals surface area contributed by atoms with Gasteiger partial charge >= 0.3 is 0 Å². The smallest absolute Gasteiger partial charge is 0.123 e. The van der Waals surface area contributed by atoms with E-state index in [4.69, 9.17) is 0 Å². The standard InChI is InChI=1S/C16H26FN3/c1-3-18-13-14-12-15(17)6-7-16(14)19(2)10-11-20-8-4-5-9-20/h6-7,12,18H,3-5,8-11,13H2,1-2H3. The second kappa shape index (κ2) is 7.60. The Balaban J connectivity index is 1.97. The van der Waals surface area contributed by atoms with Crippen molar-refractivity contribution in [1.29, 1.82) is 0 Å². The van der Waals surface area contributed by atoms with Crippen molar-refractivity contribution in [3.05, 3.63) is 29.6 Å². The number of anilines is 1. The maximum Gasteiger partial charge on any atom is 0.123 e. The molecule has 1 heterocycles. The van der Waals surface area contributed by atoms with Crippen molar-refractivity contribution in [2.75, 3.05) is 44.7 Å². The molecule has 0 atom stereocenters. The summed E-state index contributed by atoms with van der Waals surface area (Å²) in [6.45, 7) is 8.21. The van der Waals surface area contributed by atoms with Crippen LogP contribution in [0.4, 0.5) is 10.1 Å². The SMILES string of the molecule is CCNCc1cc(F)ccc1N(C)CCN1CCCC1. The van der Waals surface area contributed by atoms with Gasteiger partial charge in [-0.2, -0.15) is 0 Å². The highest BCUT2D eigenvalue weighted by molar-refractivity contribution is 5.53. The minimum atomic E-state index is -0.158. The normalized spacial score (nSPS) is 15.8. The molecule has 0 amide bonds. The Hall–Kier alpha value is -1.13. The molecule has 1 aliphatic heterocycles. The van der Waals surface area contributed by atoms with E-state index in [0.717, 1.165) is 37.4 Å². The number of benzene rings is 1. The van der Waals surface area contributed by atoms with Crippen molar-refractivity contribution < 1.29 is 4.39 Å². The molecule has 0 unspecified atom stereocenters. The lowest BCUT2D eigenvalue weighted by Crippen LogP contribution is -2.32. The summed E-state index contributed by atoms with van der Waals surface area (Å²) in [5, 5.41) is 3.28. The fraction of sp³-hybridized carbons (Fsp3) is 0.625. The minimum Gasteiger partial charge on any atom is -0.373 e. The average molecular weight is 279 g/mol. The van der Waals surface area contributed by atoms with Crippen LogP contribution in [0, 0.1) is 5.82 Å². The third-order valence-corrected chi connectivity index (χ3v) is 3.97. The number of nitrogens with zero attached hydrogens (tertiary/aromatic N) is 2. The van der Waals surface area contributed by atoms with E-state index in [9.17, 15) is 4.39 Å². The lowest BCUT2D eigenvalue weighted by Gasteiger charge is -2.25. The van der Waals surface area contributed by atoms with Crippen molar-refractivity contribution in [3.8, 4) is 0 Å². The van der Waals surface area contributed by atoms with Crippen molar-refractivity contribution in [1.82, 2.24) is 10.2 Å². The third-order valence-electron chi connectivity index (χ3n) is 3.97. The van der Waals surface area contributed by atoms with Crippen LogP contribution >= 0.6 is 0 Å². The molecule has 4 heteroatoms. The van der Waals surface area contributed by atoms with Crippen molar-refractivity contribution in [2.45, 2.75) is 26.3 Å². The molecular formula is C16H26FN3. The molecule has 20 heavy (non-hydrogen) atoms. The minimum absolute atomic E-state index is 0.158. The quantitative estimate of drug-likeness (QED) is 0.827. The molecule has 0 aromatic heterocycles. The summed E-state index contributed by atoms with van der Waals surface area (Å²) < 4.78 is 13.4. The van der Waals surface area contributed by atoms with Crippen LogP contribution in [0.1, 0.15) is 25.3 Å². The summed E-state index contributed by atoms with van der Waals surface area (Å²) in [7, 11) is 2.10. The molecule has 1 saturated heterocycles. The van der Waals surface area contributed by atoms with E-state index in [2.05, 4.69) is 29.1 Å². The number of halogens is 1. The fourth-order valence-electron chi connectivity index (χ4n) is 2.75. The van der Waals surface area contributed by atoms with E-state index in [1.807, 2.05) is 6.07 Å². The van der Waals surface area contributed by atoms with E-state index in [1.54, 1.807) is 12.1 Å². The Kier molecular flexibility index (Phi) is 5.80. The van der Waals surface area contributed by atoms with Crippen molar-refractivity contribution >= 4 is 5.69 Å². The lowest BCUT2D eigenvalue weighted by molar-refractivity contribution is 0.346. The monoisotopic (exact) mass is 279 g/mol. The van der Waals surface area contributed by atoms with E-state index < -0.39 is 0 Å². The van der Waals surface area contributed by atoms with Gasteiger partial charge in [-0.05, 0) is 56.2 Å². The Bertz CT molecular complexity index is 416. The second-order valence-corrected chi connectivity index (χ2v) is 5.52. The molecule has 0 radical (unpaired) electrons. The fourth-order valence-corrected chi connectivity index (χ4v) is 2.75. The number of likely N-dealkylation sites (tertiary alicyclic amines) is 1. The molecule has 3 nitrogen and oxygen atoms in total. The van der Waals surface area contributed by atoms with Gasteiger partial charge in [-0.3, -0.25) is 0 Å². The Morgan fingerprint density at radius 3 is 2.75 bits per heavy atom. The van der Waals surface area contributed by atoms with Crippen molar-refractivity contribution in [3.63, 3.8) is 0 Å². The highest BCUT2D eigenvalue weighted by Gasteiger charge is 2.13. The zero-order valence-electron chi connectivity index (χ0n) is 12.7. The summed E-state index contributed by atoms with van der Waals surface area (Å²) in [4.78, 5) is 4.74. The maximum atomic E-state index is 13.4. The van der Waals surface area contributed by atoms with Crippen LogP contribution in [0.2, 0.25) is 0 Å². The number of likely N-dealkylation sites (N-methyl/N-ethyl adjacent to an activating group) is 1. The molecule has 1 fully saturated rings. The summed E-state index contributed by atoms with van der Waals surface area (Å²) >= 11 is 0. The molecule has 2 rings (SSSR count). The first kappa shape index (κ1) is 15.3. The van der Waals surface area contributed by atoms with Crippen molar-refractivity contribution in [2.24, 2.45) is 0 Å². The van der Waals surface area contributed by atoms with E-state index in [0.29, 0.717) is 0 Å². The van der Waals surface area contributed by atoms with Gasteiger partial charge in [0, 0.05) is 32.4 Å². The summed E-state index contributed by atoms with van der Waals surface area (Å²) in [5.74, 6) is -0.158. The second-order valence-electron chi connectivity index (χ2n) is 5.52. The molecule has 0 bridgehead atoms. The Labute approximate surface area is 121 Å². The Morgan fingerprint density at radius 2 is 2.05 bits per heavy atom. The first-order valence-electron chi connectivity index (χ1n) is 7.63. The van der Waals surface area contributed by atoms with Gasteiger partial charge in [0.15, 0.2) is 0 Å². The van der Waals surface area contributed by atoms with Crippen LogP contribution in [0.3, 0.4) is 0 Å². The highest BCUT2D eigenvalue weighted by Crippen LogP contribution is 2.21. The van der Waals surface area contributed by atoms with E-state index in [1.165, 1.54) is 25.9 Å². The number of hydrogen-bond donors (Lipinski definition) is 1.